The Bertz CT molecular complexity index is 414. The molecule has 3 N–H and O–H groups in total. The number of nitrogens with two attached hydrogens (primary N) is 1. The van der Waals surface area contributed by atoms with Crippen molar-refractivity contribution in [1.82, 2.24) is 0 Å². The topological polar surface area (TPSA) is 55.1 Å². The van der Waals surface area contributed by atoms with Gasteiger partial charge in [-0.05, 0) is 13.0 Å². The van der Waals surface area contributed by atoms with Gasteiger partial charge in [-0.15, -0.1) is 0 Å². The maximum Gasteiger partial charge on any atom is 0.143 e. The van der Waals surface area contributed by atoms with Gasteiger partial charge < -0.3 is 11.1 Å². The van der Waals surface area contributed by atoms with Crippen LogP contribution in [-0.4, -0.2) is 22.3 Å². The van der Waals surface area contributed by atoms with Crippen LogP contribution in [0.5, 0.6) is 0 Å². The number of anilines is 2. The molecule has 3 nitrogen and oxygen atoms in total. The number of halogens is 2. The quantitative estimate of drug-likeness (QED) is 0.820. The lowest BCUT2D eigenvalue weighted by Crippen LogP contribution is -2.21. The fourth-order valence-electron chi connectivity index (χ4n) is 1.09. The predicted octanol–water partition coefficient (Wildman–Crippen LogP) is 2.24. The molecule has 6 heteroatoms. The van der Waals surface area contributed by atoms with Crippen molar-refractivity contribution in [3.63, 3.8) is 0 Å². The van der Waals surface area contributed by atoms with Crippen LogP contribution in [0.1, 0.15) is 6.92 Å². The summed E-state index contributed by atoms with van der Waals surface area (Å²) in [7, 11) is -0.911. The highest BCUT2D eigenvalue weighted by Gasteiger charge is 2.09. The van der Waals surface area contributed by atoms with Crippen LogP contribution in [0.25, 0.3) is 0 Å². The third-order valence-electron chi connectivity index (χ3n) is 2.24. The average molecular weight is 265 g/mol. The number of rotatable bonds is 4. The summed E-state index contributed by atoms with van der Waals surface area (Å²) in [6.45, 7) is 2.35. The van der Waals surface area contributed by atoms with E-state index in [1.54, 1.807) is 6.26 Å². The zero-order valence-corrected chi connectivity index (χ0v) is 10.7. The Morgan fingerprint density at radius 3 is 2.81 bits per heavy atom. The Labute approximate surface area is 102 Å². The number of hydrogen-bond acceptors (Lipinski definition) is 3. The second-order valence-electron chi connectivity index (χ2n) is 3.54. The molecule has 0 spiro atoms. The van der Waals surface area contributed by atoms with Crippen molar-refractivity contribution >= 4 is 33.8 Å². The van der Waals surface area contributed by atoms with Crippen LogP contribution in [-0.2, 0) is 10.8 Å². The molecule has 0 radical (unpaired) electrons. The van der Waals surface area contributed by atoms with Gasteiger partial charge >= 0.3 is 0 Å². The summed E-state index contributed by atoms with van der Waals surface area (Å²) in [4.78, 5) is 0. The van der Waals surface area contributed by atoms with Gasteiger partial charge in [0.15, 0.2) is 0 Å². The fourth-order valence-corrected chi connectivity index (χ4v) is 1.57. The van der Waals surface area contributed by atoms with Crippen LogP contribution in [0.15, 0.2) is 12.1 Å². The van der Waals surface area contributed by atoms with Gasteiger partial charge in [-0.3, -0.25) is 4.21 Å². The molecule has 0 amide bonds. The van der Waals surface area contributed by atoms with E-state index in [-0.39, 0.29) is 16.0 Å². The van der Waals surface area contributed by atoms with Crippen molar-refractivity contribution in [2.75, 3.05) is 23.9 Å². The van der Waals surface area contributed by atoms with Gasteiger partial charge in [0.05, 0.1) is 16.4 Å². The van der Waals surface area contributed by atoms with E-state index in [4.69, 9.17) is 17.3 Å². The highest BCUT2D eigenvalue weighted by Crippen LogP contribution is 2.26. The minimum absolute atomic E-state index is 0.0109. The number of nitrogen functional groups attached to an aromatic ring is 1. The van der Waals surface area contributed by atoms with Gasteiger partial charge in [0.1, 0.15) is 5.82 Å². The first-order chi connectivity index (χ1) is 7.41. The van der Waals surface area contributed by atoms with Crippen LogP contribution in [0.4, 0.5) is 15.8 Å². The third-order valence-corrected chi connectivity index (χ3v) is 3.83. The summed E-state index contributed by atoms with van der Waals surface area (Å²) < 4.78 is 24.1. The maximum atomic E-state index is 13.0. The van der Waals surface area contributed by atoms with E-state index in [0.717, 1.165) is 6.07 Å². The molecule has 0 fully saturated rings. The SMILES string of the molecule is CC(CNc1cc(Cl)c(F)cc1N)S(C)=O. The number of nitrogens with one attached hydrogen (secondary N) is 1. The largest absolute Gasteiger partial charge is 0.397 e. The second kappa shape index (κ2) is 5.50. The summed E-state index contributed by atoms with van der Waals surface area (Å²) in [5.74, 6) is -0.545. The van der Waals surface area contributed by atoms with Crippen LogP contribution in [0, 0.1) is 5.82 Å². The van der Waals surface area contributed by atoms with E-state index < -0.39 is 16.6 Å². The first kappa shape index (κ1) is 13.3. The van der Waals surface area contributed by atoms with Gasteiger partial charge in [0, 0.05) is 34.9 Å². The molecular weight excluding hydrogens is 251 g/mol. The molecule has 0 saturated heterocycles. The monoisotopic (exact) mass is 264 g/mol. The molecule has 0 aliphatic rings. The Balaban J connectivity index is 2.74. The lowest BCUT2D eigenvalue weighted by Gasteiger charge is -2.13. The van der Waals surface area contributed by atoms with E-state index in [1.165, 1.54) is 6.07 Å². The van der Waals surface area contributed by atoms with E-state index in [9.17, 15) is 8.60 Å². The second-order valence-corrected chi connectivity index (χ2v) is 5.75. The third kappa shape index (κ3) is 3.35. The first-order valence-electron chi connectivity index (χ1n) is 4.72. The van der Waals surface area contributed by atoms with E-state index in [1.807, 2.05) is 6.92 Å². The standard InChI is InChI=1S/C10H14ClFN2OS/c1-6(16(2)15)5-14-10-3-7(11)8(12)4-9(10)13/h3-4,6,14H,5,13H2,1-2H3. The lowest BCUT2D eigenvalue weighted by atomic mass is 10.2. The van der Waals surface area contributed by atoms with Gasteiger partial charge in [-0.1, -0.05) is 11.6 Å². The molecule has 1 aromatic carbocycles. The summed E-state index contributed by atoms with van der Waals surface area (Å²) in [6, 6.07) is 2.59. The normalized spacial score (nSPS) is 14.5. The zero-order chi connectivity index (χ0) is 12.3. The minimum Gasteiger partial charge on any atom is -0.397 e. The van der Waals surface area contributed by atoms with Gasteiger partial charge in [0.25, 0.3) is 0 Å². The van der Waals surface area contributed by atoms with Crippen molar-refractivity contribution in [3.8, 4) is 0 Å². The Kier molecular flexibility index (Phi) is 4.56. The predicted molar refractivity (Wildman–Crippen MR) is 67.8 cm³/mol. The summed E-state index contributed by atoms with van der Waals surface area (Å²) >= 11 is 5.63. The Morgan fingerprint density at radius 1 is 1.62 bits per heavy atom. The van der Waals surface area contributed by atoms with E-state index >= 15 is 0 Å². The molecule has 2 atom stereocenters. The van der Waals surface area contributed by atoms with Crippen molar-refractivity contribution in [2.45, 2.75) is 12.2 Å². The van der Waals surface area contributed by atoms with Crippen molar-refractivity contribution < 1.29 is 8.60 Å². The Hall–Kier alpha value is -0.810. The maximum absolute atomic E-state index is 13.0. The molecule has 0 saturated carbocycles. The zero-order valence-electron chi connectivity index (χ0n) is 9.09. The van der Waals surface area contributed by atoms with Gasteiger partial charge in [0.2, 0.25) is 0 Å². The van der Waals surface area contributed by atoms with Crippen LogP contribution in [0.3, 0.4) is 0 Å². The number of benzene rings is 1. The molecular formula is C10H14ClFN2OS. The lowest BCUT2D eigenvalue weighted by molar-refractivity contribution is 0.629. The molecule has 2 unspecified atom stereocenters. The van der Waals surface area contributed by atoms with Crippen molar-refractivity contribution in [3.05, 3.63) is 23.0 Å². The molecule has 1 aromatic rings. The highest BCUT2D eigenvalue weighted by molar-refractivity contribution is 7.84. The molecule has 16 heavy (non-hydrogen) atoms. The van der Waals surface area contributed by atoms with Crippen LogP contribution >= 0.6 is 11.6 Å². The smallest absolute Gasteiger partial charge is 0.143 e. The van der Waals surface area contributed by atoms with E-state index in [2.05, 4.69) is 5.32 Å². The van der Waals surface area contributed by atoms with Gasteiger partial charge in [-0.25, -0.2) is 4.39 Å². The minimum atomic E-state index is -0.911. The van der Waals surface area contributed by atoms with Crippen LogP contribution < -0.4 is 11.1 Å². The first-order valence-corrected chi connectivity index (χ1v) is 6.72. The molecule has 0 bridgehead atoms. The van der Waals surface area contributed by atoms with E-state index in [0.29, 0.717) is 12.2 Å². The van der Waals surface area contributed by atoms with Crippen molar-refractivity contribution in [1.29, 1.82) is 0 Å². The molecule has 0 aliphatic heterocycles. The highest BCUT2D eigenvalue weighted by atomic mass is 35.5. The van der Waals surface area contributed by atoms with Gasteiger partial charge in [-0.2, -0.15) is 0 Å². The fraction of sp³-hybridized carbons (Fsp3) is 0.400. The molecule has 0 aromatic heterocycles. The molecule has 0 aliphatic carbocycles. The number of hydrogen-bond donors (Lipinski definition) is 2. The summed E-state index contributed by atoms with van der Waals surface area (Å²) in [5.41, 5.74) is 6.46. The Morgan fingerprint density at radius 2 is 2.25 bits per heavy atom. The van der Waals surface area contributed by atoms with Crippen molar-refractivity contribution in [2.24, 2.45) is 0 Å². The summed E-state index contributed by atoms with van der Waals surface area (Å²) in [5, 5.41) is 3.00. The summed E-state index contributed by atoms with van der Waals surface area (Å²) in [6.07, 6.45) is 1.63. The van der Waals surface area contributed by atoms with Crippen LogP contribution in [0.2, 0.25) is 5.02 Å². The molecule has 0 heterocycles. The molecule has 90 valence electrons. The molecule has 1 rings (SSSR count). The average Bonchev–Trinajstić information content (AvgIpc) is 2.20.